The zero-order valence-electron chi connectivity index (χ0n) is 19.5. The van der Waals surface area contributed by atoms with E-state index in [4.69, 9.17) is 9.47 Å². The highest BCUT2D eigenvalue weighted by Crippen LogP contribution is 2.25. The summed E-state index contributed by atoms with van der Waals surface area (Å²) >= 11 is 0. The van der Waals surface area contributed by atoms with Crippen molar-refractivity contribution in [1.82, 2.24) is 25.3 Å². The molecule has 1 fully saturated rings. The second kappa shape index (κ2) is 10.9. The van der Waals surface area contributed by atoms with E-state index in [9.17, 15) is 24.0 Å². The van der Waals surface area contributed by atoms with Crippen LogP contribution in [0.3, 0.4) is 0 Å². The summed E-state index contributed by atoms with van der Waals surface area (Å²) in [5.74, 6) is -0.753. The molecule has 6 amide bonds. The molecule has 1 aromatic carbocycles. The van der Waals surface area contributed by atoms with Gasteiger partial charge in [0.1, 0.15) is 24.1 Å². The number of hydrogen-bond acceptors (Lipinski definition) is 7. The summed E-state index contributed by atoms with van der Waals surface area (Å²) in [4.78, 5) is 65.8. The molecule has 3 rings (SSSR count). The molecule has 2 aliphatic heterocycles. The molecule has 2 aliphatic rings. The molecule has 0 aliphatic carbocycles. The van der Waals surface area contributed by atoms with Crippen LogP contribution in [0.15, 0.2) is 18.2 Å². The fourth-order valence-electron chi connectivity index (χ4n) is 3.75. The predicted molar refractivity (Wildman–Crippen MR) is 119 cm³/mol. The molecule has 184 valence electrons. The minimum atomic E-state index is -0.914. The van der Waals surface area contributed by atoms with Gasteiger partial charge in [-0.2, -0.15) is 0 Å². The second-order valence-corrected chi connectivity index (χ2v) is 8.00. The third-order valence-corrected chi connectivity index (χ3v) is 5.73. The molecule has 12 heteroatoms. The first-order valence-corrected chi connectivity index (χ1v) is 10.9. The highest BCUT2D eigenvalue weighted by Gasteiger charge is 2.42. The molecule has 1 saturated heterocycles. The van der Waals surface area contributed by atoms with Crippen molar-refractivity contribution in [3.8, 4) is 11.5 Å². The number of benzene rings is 1. The Kier molecular flexibility index (Phi) is 7.92. The molecule has 0 spiro atoms. The van der Waals surface area contributed by atoms with Crippen molar-refractivity contribution in [2.24, 2.45) is 0 Å². The average Bonchev–Trinajstić information content (AvgIpc) is 3.00. The Morgan fingerprint density at radius 3 is 2.59 bits per heavy atom. The topological polar surface area (TPSA) is 138 Å². The highest BCUT2D eigenvalue weighted by atomic mass is 16.5. The number of fused-ring (bicyclic) bond motifs is 1. The van der Waals surface area contributed by atoms with E-state index in [1.165, 1.54) is 31.0 Å². The number of ether oxygens (including phenoxy) is 2. The molecule has 0 aromatic heterocycles. The molecule has 2 N–H and O–H groups in total. The van der Waals surface area contributed by atoms with Crippen LogP contribution in [0.25, 0.3) is 0 Å². The summed E-state index contributed by atoms with van der Waals surface area (Å²) in [6.07, 6.45) is 0.147. The predicted octanol–water partition coefficient (Wildman–Crippen LogP) is -0.565. The lowest BCUT2D eigenvalue weighted by Gasteiger charge is -2.25. The van der Waals surface area contributed by atoms with Gasteiger partial charge in [-0.05, 0) is 18.6 Å². The Hall–Kier alpha value is -3.83. The first kappa shape index (κ1) is 24.8. The molecular formula is C22H29N5O7. The van der Waals surface area contributed by atoms with Crippen molar-refractivity contribution in [2.75, 3.05) is 54.0 Å². The Bertz CT molecular complexity index is 982. The van der Waals surface area contributed by atoms with E-state index < -0.39 is 23.9 Å². The Labute approximate surface area is 197 Å². The Morgan fingerprint density at radius 2 is 1.91 bits per heavy atom. The first-order valence-electron chi connectivity index (χ1n) is 10.9. The molecule has 1 atom stereocenters. The second-order valence-electron chi connectivity index (χ2n) is 8.00. The summed E-state index contributed by atoms with van der Waals surface area (Å²) in [5, 5.41) is 5.48. The number of rotatable bonds is 3. The van der Waals surface area contributed by atoms with Crippen molar-refractivity contribution in [1.29, 1.82) is 0 Å². The van der Waals surface area contributed by atoms with E-state index in [2.05, 4.69) is 10.6 Å². The fraction of sp³-hybridized carbons (Fsp3) is 0.500. The van der Waals surface area contributed by atoms with E-state index in [0.717, 1.165) is 4.90 Å². The monoisotopic (exact) mass is 475 g/mol. The third kappa shape index (κ3) is 5.56. The molecule has 1 aromatic rings. The summed E-state index contributed by atoms with van der Waals surface area (Å²) in [7, 11) is 4.33. The van der Waals surface area contributed by atoms with Crippen LogP contribution >= 0.6 is 0 Å². The lowest BCUT2D eigenvalue weighted by molar-refractivity contribution is -0.139. The van der Waals surface area contributed by atoms with Crippen molar-refractivity contribution in [2.45, 2.75) is 18.9 Å². The SMILES string of the molecule is COc1ccc2c(c1)OCCNC(=O)CN(C(=O)CC1C(=O)N(C)C(=O)N1C)CCCNC2=O. The Morgan fingerprint density at radius 1 is 1.15 bits per heavy atom. The van der Waals surface area contributed by atoms with Gasteiger partial charge in [-0.15, -0.1) is 0 Å². The smallest absolute Gasteiger partial charge is 0.326 e. The number of carbonyl (C=O) groups excluding carboxylic acids is 5. The molecule has 2 heterocycles. The third-order valence-electron chi connectivity index (χ3n) is 5.73. The number of nitrogens with zero attached hydrogens (tertiary/aromatic N) is 3. The number of methoxy groups -OCH3 is 1. The van der Waals surface area contributed by atoms with Crippen molar-refractivity contribution in [3.05, 3.63) is 23.8 Å². The minimum absolute atomic E-state index is 0.100. The maximum absolute atomic E-state index is 12.9. The number of nitrogens with one attached hydrogen (secondary N) is 2. The van der Waals surface area contributed by atoms with Crippen LogP contribution in [0.2, 0.25) is 0 Å². The van der Waals surface area contributed by atoms with Crippen LogP contribution in [0.1, 0.15) is 23.2 Å². The Balaban J connectivity index is 1.69. The van der Waals surface area contributed by atoms with E-state index in [-0.39, 0.29) is 51.0 Å². The zero-order valence-corrected chi connectivity index (χ0v) is 19.5. The minimum Gasteiger partial charge on any atom is -0.497 e. The van der Waals surface area contributed by atoms with Crippen molar-refractivity contribution < 1.29 is 33.4 Å². The number of carbonyl (C=O) groups is 5. The summed E-state index contributed by atoms with van der Waals surface area (Å²) in [6, 6.07) is 3.45. The molecule has 34 heavy (non-hydrogen) atoms. The standard InChI is InChI=1S/C22H29N5O7/c1-25-16(21(31)26(2)22(25)32)12-19(29)27-9-4-7-24-20(30)15-6-5-14(33-3)11-17(15)34-10-8-23-18(28)13-27/h5-6,11,16H,4,7-10,12-13H2,1-3H3,(H,23,28)(H,24,30). The number of imide groups is 1. The van der Waals surface area contributed by atoms with Crippen LogP contribution in [-0.2, 0) is 14.4 Å². The van der Waals surface area contributed by atoms with Crippen molar-refractivity contribution >= 4 is 29.7 Å². The normalized spacial score (nSPS) is 20.2. The van der Waals surface area contributed by atoms with E-state index >= 15 is 0 Å². The lowest BCUT2D eigenvalue weighted by Crippen LogP contribution is -2.45. The molecule has 1 unspecified atom stereocenters. The van der Waals surface area contributed by atoms with Crippen LogP contribution < -0.4 is 20.1 Å². The van der Waals surface area contributed by atoms with Gasteiger partial charge in [-0.3, -0.25) is 24.1 Å². The van der Waals surface area contributed by atoms with Gasteiger partial charge in [-0.25, -0.2) is 4.79 Å². The summed E-state index contributed by atoms with van der Waals surface area (Å²) in [6.45, 7) is 0.475. The van der Waals surface area contributed by atoms with Crippen LogP contribution in [0, 0.1) is 0 Å². The molecule has 0 saturated carbocycles. The quantitative estimate of drug-likeness (QED) is 0.559. The van der Waals surface area contributed by atoms with Crippen LogP contribution in [0.4, 0.5) is 4.79 Å². The van der Waals surface area contributed by atoms with Crippen molar-refractivity contribution in [3.63, 3.8) is 0 Å². The lowest BCUT2D eigenvalue weighted by atomic mass is 10.1. The average molecular weight is 476 g/mol. The first-order chi connectivity index (χ1) is 16.2. The van der Waals surface area contributed by atoms with Gasteiger partial charge in [0.05, 0.1) is 32.2 Å². The fourth-order valence-corrected chi connectivity index (χ4v) is 3.75. The van der Waals surface area contributed by atoms with Gasteiger partial charge in [0, 0.05) is 33.3 Å². The van der Waals surface area contributed by atoms with Gasteiger partial charge < -0.3 is 29.9 Å². The molecule has 0 bridgehead atoms. The van der Waals surface area contributed by atoms with E-state index in [0.29, 0.717) is 23.5 Å². The maximum Gasteiger partial charge on any atom is 0.326 e. The summed E-state index contributed by atoms with van der Waals surface area (Å²) < 4.78 is 10.9. The molecular weight excluding hydrogens is 446 g/mol. The number of amides is 6. The van der Waals surface area contributed by atoms with Gasteiger partial charge in [-0.1, -0.05) is 0 Å². The van der Waals surface area contributed by atoms with Crippen LogP contribution in [0.5, 0.6) is 11.5 Å². The van der Waals surface area contributed by atoms with E-state index in [1.54, 1.807) is 18.2 Å². The molecule has 0 radical (unpaired) electrons. The number of urea groups is 1. The maximum atomic E-state index is 12.9. The zero-order chi connectivity index (χ0) is 24.8. The highest BCUT2D eigenvalue weighted by molar-refractivity contribution is 6.05. The molecule has 12 nitrogen and oxygen atoms in total. The van der Waals surface area contributed by atoms with E-state index in [1.807, 2.05) is 0 Å². The number of likely N-dealkylation sites (N-methyl/N-ethyl adjacent to an activating group) is 2. The number of hydrogen-bond donors (Lipinski definition) is 2. The van der Waals surface area contributed by atoms with Gasteiger partial charge in [0.15, 0.2) is 0 Å². The van der Waals surface area contributed by atoms with Crippen LogP contribution in [-0.4, -0.2) is 104 Å². The largest absolute Gasteiger partial charge is 0.497 e. The van der Waals surface area contributed by atoms with Gasteiger partial charge >= 0.3 is 6.03 Å². The van der Waals surface area contributed by atoms with Gasteiger partial charge in [0.2, 0.25) is 11.8 Å². The van der Waals surface area contributed by atoms with Gasteiger partial charge in [0.25, 0.3) is 11.8 Å². The summed E-state index contributed by atoms with van der Waals surface area (Å²) in [5.41, 5.74) is 0.327.